The maximum Gasteiger partial charge on any atom is 0.244 e. The summed E-state index contributed by atoms with van der Waals surface area (Å²) in [6, 6.07) is 9.54. The van der Waals surface area contributed by atoms with E-state index in [2.05, 4.69) is 11.4 Å². The van der Waals surface area contributed by atoms with Crippen LogP contribution >= 0.6 is 0 Å². The summed E-state index contributed by atoms with van der Waals surface area (Å²) in [5.41, 5.74) is -0.334. The third-order valence-corrected chi connectivity index (χ3v) is 3.44. The molecular weight excluding hydrogens is 264 g/mol. The molecule has 21 heavy (non-hydrogen) atoms. The number of nitrogens with one attached hydrogen (secondary N) is 1. The second kappa shape index (κ2) is 8.31. The predicted octanol–water partition coefficient (Wildman–Crippen LogP) is 4.13. The topological polar surface area (TPSA) is 62.1 Å². The lowest BCUT2D eigenvalue weighted by Crippen LogP contribution is -2.35. The number of nitriles is 1. The molecule has 0 heterocycles. The van der Waals surface area contributed by atoms with Gasteiger partial charge in [0.1, 0.15) is 11.2 Å². The first-order valence-corrected chi connectivity index (χ1v) is 7.58. The highest BCUT2D eigenvalue weighted by molar-refractivity contribution is 5.98. The quantitative estimate of drug-likeness (QED) is 0.782. The van der Waals surface area contributed by atoms with Crippen molar-refractivity contribution in [3.05, 3.63) is 24.3 Å². The lowest BCUT2D eigenvalue weighted by atomic mass is 9.79. The van der Waals surface area contributed by atoms with Gasteiger partial charge >= 0.3 is 0 Å². The molecule has 0 saturated heterocycles. The summed E-state index contributed by atoms with van der Waals surface area (Å²) >= 11 is 0. The van der Waals surface area contributed by atoms with Crippen molar-refractivity contribution in [3.8, 4) is 11.8 Å². The van der Waals surface area contributed by atoms with Gasteiger partial charge in [0.15, 0.2) is 0 Å². The van der Waals surface area contributed by atoms with E-state index in [9.17, 15) is 10.1 Å². The first-order chi connectivity index (χ1) is 10.1. The molecule has 0 aromatic heterocycles. The van der Waals surface area contributed by atoms with E-state index in [1.807, 2.05) is 39.0 Å². The number of hydrogen-bond donors (Lipinski definition) is 1. The van der Waals surface area contributed by atoms with E-state index in [1.165, 1.54) is 0 Å². The van der Waals surface area contributed by atoms with Crippen molar-refractivity contribution < 1.29 is 9.53 Å². The lowest BCUT2D eigenvalue weighted by molar-refractivity contribution is -0.123. The van der Waals surface area contributed by atoms with E-state index in [1.54, 1.807) is 6.07 Å². The average molecular weight is 288 g/mol. The minimum Gasteiger partial charge on any atom is -0.492 e. The summed E-state index contributed by atoms with van der Waals surface area (Å²) in [7, 11) is 0. The monoisotopic (exact) mass is 288 g/mol. The summed E-state index contributed by atoms with van der Waals surface area (Å²) in [5, 5.41) is 12.4. The first-order valence-electron chi connectivity index (χ1n) is 7.58. The molecule has 0 spiro atoms. The van der Waals surface area contributed by atoms with Crippen LogP contribution in [0.25, 0.3) is 0 Å². The molecule has 0 aliphatic rings. The Bertz CT molecular complexity index is 500. The van der Waals surface area contributed by atoms with Crippen molar-refractivity contribution in [2.75, 3.05) is 11.9 Å². The van der Waals surface area contributed by atoms with Crippen LogP contribution in [-0.2, 0) is 4.79 Å². The van der Waals surface area contributed by atoms with E-state index in [0.717, 1.165) is 12.8 Å². The standard InChI is InChI=1S/C17H24N2O2/c1-4-11-17(13-18,12-5-2)16(20)19-14-9-7-8-10-15(14)21-6-3/h7-10H,4-6,11-12H2,1-3H3,(H,19,20). The zero-order valence-corrected chi connectivity index (χ0v) is 13.1. The number of benzene rings is 1. The molecule has 0 bridgehead atoms. The Hall–Kier alpha value is -2.02. The molecule has 4 nitrogen and oxygen atoms in total. The van der Waals surface area contributed by atoms with Crippen molar-refractivity contribution >= 4 is 11.6 Å². The van der Waals surface area contributed by atoms with Gasteiger partial charge in [-0.15, -0.1) is 0 Å². The molecule has 1 N–H and O–H groups in total. The third kappa shape index (κ3) is 4.22. The fraction of sp³-hybridized carbons (Fsp3) is 0.529. The second-order valence-electron chi connectivity index (χ2n) is 5.08. The van der Waals surface area contributed by atoms with E-state index in [0.29, 0.717) is 30.9 Å². The van der Waals surface area contributed by atoms with E-state index in [-0.39, 0.29) is 5.91 Å². The molecule has 0 aliphatic heterocycles. The number of nitrogens with zero attached hydrogens (tertiary/aromatic N) is 1. The normalized spacial score (nSPS) is 10.8. The van der Waals surface area contributed by atoms with Gasteiger partial charge < -0.3 is 10.1 Å². The number of amides is 1. The fourth-order valence-electron chi connectivity index (χ4n) is 2.46. The second-order valence-corrected chi connectivity index (χ2v) is 5.08. The van der Waals surface area contributed by atoms with Crippen LogP contribution in [0.2, 0.25) is 0 Å². The van der Waals surface area contributed by atoms with Crippen molar-refractivity contribution in [2.24, 2.45) is 5.41 Å². The number of ether oxygens (including phenoxy) is 1. The van der Waals surface area contributed by atoms with Crippen molar-refractivity contribution in [1.82, 2.24) is 0 Å². The van der Waals surface area contributed by atoms with E-state index in [4.69, 9.17) is 4.74 Å². The zero-order chi connectivity index (χ0) is 15.7. The summed E-state index contributed by atoms with van der Waals surface area (Å²) in [6.45, 7) is 6.40. The Labute approximate surface area is 127 Å². The van der Waals surface area contributed by atoms with Crippen LogP contribution in [-0.4, -0.2) is 12.5 Å². The fourth-order valence-corrected chi connectivity index (χ4v) is 2.46. The predicted molar refractivity (Wildman–Crippen MR) is 84.1 cm³/mol. The molecule has 0 atom stereocenters. The van der Waals surface area contributed by atoms with Crippen molar-refractivity contribution in [1.29, 1.82) is 5.26 Å². The third-order valence-electron chi connectivity index (χ3n) is 3.44. The van der Waals surface area contributed by atoms with Gasteiger partial charge in [-0.3, -0.25) is 4.79 Å². The zero-order valence-electron chi connectivity index (χ0n) is 13.1. The van der Waals surface area contributed by atoms with Crippen LogP contribution in [0.3, 0.4) is 0 Å². The highest BCUT2D eigenvalue weighted by atomic mass is 16.5. The van der Waals surface area contributed by atoms with Gasteiger partial charge in [-0.25, -0.2) is 0 Å². The van der Waals surface area contributed by atoms with Crippen LogP contribution in [0.4, 0.5) is 5.69 Å². The van der Waals surface area contributed by atoms with E-state index < -0.39 is 5.41 Å². The van der Waals surface area contributed by atoms with Crippen molar-refractivity contribution in [3.63, 3.8) is 0 Å². The van der Waals surface area contributed by atoms with Gasteiger partial charge in [0.2, 0.25) is 5.91 Å². The van der Waals surface area contributed by atoms with Gasteiger partial charge in [0.25, 0.3) is 0 Å². The molecule has 1 aromatic carbocycles. The Balaban J connectivity index is 2.99. The van der Waals surface area contributed by atoms with Gasteiger partial charge in [0, 0.05) is 0 Å². The van der Waals surface area contributed by atoms with Crippen LogP contribution < -0.4 is 10.1 Å². The summed E-state index contributed by atoms with van der Waals surface area (Å²) < 4.78 is 5.51. The van der Waals surface area contributed by atoms with E-state index >= 15 is 0 Å². The van der Waals surface area contributed by atoms with Crippen LogP contribution in [0.5, 0.6) is 5.75 Å². The molecule has 0 saturated carbocycles. The highest BCUT2D eigenvalue weighted by Gasteiger charge is 2.37. The Morgan fingerprint density at radius 3 is 2.38 bits per heavy atom. The molecule has 1 rings (SSSR count). The van der Waals surface area contributed by atoms with Crippen LogP contribution in [0.15, 0.2) is 24.3 Å². The molecule has 114 valence electrons. The number of anilines is 1. The number of hydrogen-bond acceptors (Lipinski definition) is 3. The van der Waals surface area contributed by atoms with Gasteiger partial charge in [0.05, 0.1) is 18.4 Å². The minimum atomic E-state index is -0.956. The first kappa shape index (κ1) is 17.0. The van der Waals surface area contributed by atoms with Gasteiger partial charge in [-0.05, 0) is 31.9 Å². The highest BCUT2D eigenvalue weighted by Crippen LogP contribution is 2.32. The SMILES string of the molecule is CCCC(C#N)(CCC)C(=O)Nc1ccccc1OCC. The van der Waals surface area contributed by atoms with Crippen molar-refractivity contribution in [2.45, 2.75) is 46.5 Å². The van der Waals surface area contributed by atoms with Crippen LogP contribution in [0.1, 0.15) is 46.5 Å². The number of para-hydroxylation sites is 2. The molecule has 0 fully saturated rings. The Morgan fingerprint density at radius 2 is 1.86 bits per heavy atom. The van der Waals surface area contributed by atoms with Gasteiger partial charge in [-0.1, -0.05) is 38.8 Å². The molecule has 1 amide bonds. The van der Waals surface area contributed by atoms with Crippen LogP contribution in [0, 0.1) is 16.7 Å². The summed E-state index contributed by atoms with van der Waals surface area (Å²) in [4.78, 5) is 12.6. The molecule has 0 aliphatic carbocycles. The molecule has 0 radical (unpaired) electrons. The molecule has 4 heteroatoms. The molecule has 1 aromatic rings. The largest absolute Gasteiger partial charge is 0.492 e. The summed E-state index contributed by atoms with van der Waals surface area (Å²) in [6.07, 6.45) is 2.74. The maximum absolute atomic E-state index is 12.6. The number of carbonyl (C=O) groups is 1. The Kier molecular flexibility index (Phi) is 6.74. The minimum absolute atomic E-state index is 0.235. The molecular formula is C17H24N2O2. The Morgan fingerprint density at radius 1 is 1.24 bits per heavy atom. The summed E-state index contributed by atoms with van der Waals surface area (Å²) in [5.74, 6) is 0.397. The molecule has 0 unspecified atom stereocenters. The van der Waals surface area contributed by atoms with Gasteiger partial charge in [-0.2, -0.15) is 5.26 Å². The number of rotatable bonds is 8. The maximum atomic E-state index is 12.6. The number of carbonyl (C=O) groups excluding carboxylic acids is 1. The lowest BCUT2D eigenvalue weighted by Gasteiger charge is -2.25. The smallest absolute Gasteiger partial charge is 0.244 e. The average Bonchev–Trinajstić information content (AvgIpc) is 2.49.